The van der Waals surface area contributed by atoms with Crippen LogP contribution in [0.4, 0.5) is 5.69 Å². The minimum Gasteiger partial charge on any atom is -0.449 e. The van der Waals surface area contributed by atoms with Crippen molar-refractivity contribution in [2.45, 2.75) is 6.92 Å². The van der Waals surface area contributed by atoms with Crippen molar-refractivity contribution in [3.8, 4) is 17.6 Å². The summed E-state index contributed by atoms with van der Waals surface area (Å²) in [5.74, 6) is 0.480. The maximum Gasteiger partial charge on any atom is 0.311 e. The minimum atomic E-state index is -0.501. The van der Waals surface area contributed by atoms with Crippen molar-refractivity contribution in [3.63, 3.8) is 0 Å². The van der Waals surface area contributed by atoms with Crippen LogP contribution in [-0.4, -0.2) is 9.91 Å². The lowest BCUT2D eigenvalue weighted by Gasteiger charge is -2.06. The number of pyridine rings is 1. The lowest BCUT2D eigenvalue weighted by Crippen LogP contribution is -1.94. The van der Waals surface area contributed by atoms with Gasteiger partial charge in [-0.2, -0.15) is 5.26 Å². The third kappa shape index (κ3) is 2.84. The van der Waals surface area contributed by atoms with Gasteiger partial charge in [-0.25, -0.2) is 4.98 Å². The number of nitro benzene ring substituents is 1. The lowest BCUT2D eigenvalue weighted by molar-refractivity contribution is -0.385. The minimum absolute atomic E-state index is 0.107. The SMILES string of the molecule is Cc1ccc(Oc2ccc(C#N)nc2)c([N+](=O)[O-])c1. The molecule has 2 aromatic rings. The van der Waals surface area contributed by atoms with Gasteiger partial charge in [0.2, 0.25) is 5.75 Å². The average Bonchev–Trinajstić information content (AvgIpc) is 2.41. The fourth-order valence-electron chi connectivity index (χ4n) is 1.49. The molecular weight excluding hydrogens is 246 g/mol. The van der Waals surface area contributed by atoms with E-state index in [1.807, 2.05) is 6.07 Å². The number of nitriles is 1. The Hall–Kier alpha value is -2.94. The summed E-state index contributed by atoms with van der Waals surface area (Å²) in [6.45, 7) is 1.76. The molecule has 0 spiro atoms. The van der Waals surface area contributed by atoms with E-state index >= 15 is 0 Å². The van der Waals surface area contributed by atoms with Crippen molar-refractivity contribution >= 4 is 5.69 Å². The normalized spacial score (nSPS) is 9.68. The standard InChI is InChI=1S/C13H9N3O3/c1-9-2-5-13(12(6-9)16(17)18)19-11-4-3-10(7-14)15-8-11/h2-6,8H,1H3. The van der Waals surface area contributed by atoms with Crippen molar-refractivity contribution in [2.75, 3.05) is 0 Å². The molecule has 0 unspecified atom stereocenters. The number of nitrogens with zero attached hydrogens (tertiary/aromatic N) is 3. The predicted octanol–water partition coefficient (Wildman–Crippen LogP) is 2.96. The Labute approximate surface area is 109 Å². The zero-order valence-corrected chi connectivity index (χ0v) is 10.0. The van der Waals surface area contributed by atoms with E-state index in [0.29, 0.717) is 5.75 Å². The van der Waals surface area contributed by atoms with Crippen LogP contribution in [0.2, 0.25) is 0 Å². The van der Waals surface area contributed by atoms with Gasteiger partial charge in [0.05, 0.1) is 11.1 Å². The Morgan fingerprint density at radius 3 is 2.74 bits per heavy atom. The van der Waals surface area contributed by atoms with E-state index in [1.165, 1.54) is 30.5 Å². The van der Waals surface area contributed by atoms with Crippen molar-refractivity contribution < 1.29 is 9.66 Å². The van der Waals surface area contributed by atoms with Gasteiger partial charge in [0.1, 0.15) is 17.5 Å². The topological polar surface area (TPSA) is 89.0 Å². The highest BCUT2D eigenvalue weighted by Gasteiger charge is 2.15. The molecule has 0 saturated heterocycles. The molecule has 0 saturated carbocycles. The Morgan fingerprint density at radius 2 is 2.16 bits per heavy atom. The molecule has 0 bridgehead atoms. The third-order valence-electron chi connectivity index (χ3n) is 2.39. The van der Waals surface area contributed by atoms with Gasteiger partial charge in [-0.3, -0.25) is 10.1 Å². The van der Waals surface area contributed by atoms with Crippen LogP contribution in [0, 0.1) is 28.4 Å². The highest BCUT2D eigenvalue weighted by atomic mass is 16.6. The van der Waals surface area contributed by atoms with Crippen LogP contribution in [0.3, 0.4) is 0 Å². The van der Waals surface area contributed by atoms with Gasteiger partial charge in [0.25, 0.3) is 0 Å². The molecular formula is C13H9N3O3. The quantitative estimate of drug-likeness (QED) is 0.621. The van der Waals surface area contributed by atoms with Crippen LogP contribution < -0.4 is 4.74 Å². The molecule has 94 valence electrons. The van der Waals surface area contributed by atoms with Crippen LogP contribution in [0.15, 0.2) is 36.5 Å². The number of benzene rings is 1. The zero-order valence-electron chi connectivity index (χ0n) is 10.0. The number of hydrogen-bond donors (Lipinski definition) is 0. The Kier molecular flexibility index (Phi) is 3.39. The van der Waals surface area contributed by atoms with E-state index in [4.69, 9.17) is 10.00 Å². The summed E-state index contributed by atoms with van der Waals surface area (Å²) in [4.78, 5) is 14.3. The first-order chi connectivity index (χ1) is 9.10. The molecule has 0 radical (unpaired) electrons. The van der Waals surface area contributed by atoms with E-state index < -0.39 is 4.92 Å². The van der Waals surface area contributed by atoms with Gasteiger partial charge >= 0.3 is 5.69 Å². The van der Waals surface area contributed by atoms with Crippen LogP contribution in [-0.2, 0) is 0 Å². The van der Waals surface area contributed by atoms with Crippen LogP contribution in [0.1, 0.15) is 11.3 Å². The Morgan fingerprint density at radius 1 is 1.37 bits per heavy atom. The van der Waals surface area contributed by atoms with E-state index in [-0.39, 0.29) is 17.1 Å². The maximum atomic E-state index is 10.9. The van der Waals surface area contributed by atoms with Gasteiger partial charge in [-0.1, -0.05) is 6.07 Å². The van der Waals surface area contributed by atoms with Crippen molar-refractivity contribution in [3.05, 3.63) is 57.9 Å². The van der Waals surface area contributed by atoms with Gasteiger partial charge in [-0.05, 0) is 30.7 Å². The molecule has 1 heterocycles. The molecule has 1 aromatic carbocycles. The number of rotatable bonds is 3. The smallest absolute Gasteiger partial charge is 0.311 e. The second-order valence-electron chi connectivity index (χ2n) is 3.82. The molecule has 6 heteroatoms. The molecule has 0 N–H and O–H groups in total. The van der Waals surface area contributed by atoms with Crippen molar-refractivity contribution in [1.82, 2.24) is 4.98 Å². The summed E-state index contributed by atoms with van der Waals surface area (Å²) in [5, 5.41) is 19.6. The zero-order chi connectivity index (χ0) is 13.8. The van der Waals surface area contributed by atoms with E-state index in [1.54, 1.807) is 13.0 Å². The molecule has 0 aliphatic carbocycles. The molecule has 2 rings (SSSR count). The Bertz CT molecular complexity index is 660. The van der Waals surface area contributed by atoms with Crippen LogP contribution >= 0.6 is 0 Å². The molecule has 0 aliphatic heterocycles. The highest BCUT2D eigenvalue weighted by Crippen LogP contribution is 2.31. The monoisotopic (exact) mass is 255 g/mol. The fourth-order valence-corrected chi connectivity index (χ4v) is 1.49. The molecule has 0 atom stereocenters. The average molecular weight is 255 g/mol. The van der Waals surface area contributed by atoms with E-state index in [9.17, 15) is 10.1 Å². The van der Waals surface area contributed by atoms with E-state index in [0.717, 1.165) is 5.56 Å². The summed E-state index contributed by atoms with van der Waals surface area (Å²) in [6.07, 6.45) is 1.35. The molecule has 1 aromatic heterocycles. The predicted molar refractivity (Wildman–Crippen MR) is 66.9 cm³/mol. The first-order valence-corrected chi connectivity index (χ1v) is 5.39. The molecule has 19 heavy (non-hydrogen) atoms. The number of aryl methyl sites for hydroxylation is 1. The number of aromatic nitrogens is 1. The second kappa shape index (κ2) is 5.14. The fraction of sp³-hybridized carbons (Fsp3) is 0.0769. The summed E-state index contributed by atoms with van der Waals surface area (Å²) in [6, 6.07) is 9.59. The molecule has 0 aliphatic rings. The largest absolute Gasteiger partial charge is 0.449 e. The van der Waals surface area contributed by atoms with Crippen LogP contribution in [0.5, 0.6) is 11.5 Å². The number of hydrogen-bond acceptors (Lipinski definition) is 5. The number of nitro groups is 1. The molecule has 6 nitrogen and oxygen atoms in total. The highest BCUT2D eigenvalue weighted by molar-refractivity contribution is 5.50. The van der Waals surface area contributed by atoms with Gasteiger partial charge in [0, 0.05) is 6.07 Å². The van der Waals surface area contributed by atoms with Gasteiger partial charge in [-0.15, -0.1) is 0 Å². The van der Waals surface area contributed by atoms with Crippen molar-refractivity contribution in [2.24, 2.45) is 0 Å². The van der Waals surface area contributed by atoms with Gasteiger partial charge in [0.15, 0.2) is 0 Å². The third-order valence-corrected chi connectivity index (χ3v) is 2.39. The first-order valence-electron chi connectivity index (χ1n) is 5.39. The Balaban J connectivity index is 2.32. The van der Waals surface area contributed by atoms with Crippen molar-refractivity contribution in [1.29, 1.82) is 5.26 Å². The summed E-state index contributed by atoms with van der Waals surface area (Å²) in [7, 11) is 0. The number of ether oxygens (including phenoxy) is 1. The van der Waals surface area contributed by atoms with Gasteiger partial charge < -0.3 is 4.74 Å². The molecule has 0 amide bonds. The lowest BCUT2D eigenvalue weighted by atomic mass is 10.2. The summed E-state index contributed by atoms with van der Waals surface area (Å²) in [5.41, 5.74) is 0.923. The summed E-state index contributed by atoms with van der Waals surface area (Å²) < 4.78 is 5.41. The molecule has 0 fully saturated rings. The van der Waals surface area contributed by atoms with Crippen LogP contribution in [0.25, 0.3) is 0 Å². The van der Waals surface area contributed by atoms with E-state index in [2.05, 4.69) is 4.98 Å². The maximum absolute atomic E-state index is 10.9. The first kappa shape index (κ1) is 12.5. The summed E-state index contributed by atoms with van der Waals surface area (Å²) >= 11 is 0. The second-order valence-corrected chi connectivity index (χ2v) is 3.82.